The van der Waals surface area contributed by atoms with Crippen molar-refractivity contribution in [3.8, 4) is 0 Å². The van der Waals surface area contributed by atoms with Gasteiger partial charge in [0.2, 0.25) is 5.91 Å². The van der Waals surface area contributed by atoms with Gasteiger partial charge in [-0.05, 0) is 23.6 Å². The van der Waals surface area contributed by atoms with Gasteiger partial charge in [-0.3, -0.25) is 9.63 Å². The molecule has 2 aromatic carbocycles. The first kappa shape index (κ1) is 23.1. The lowest BCUT2D eigenvalue weighted by atomic mass is 10.0. The molecule has 2 fully saturated rings. The van der Waals surface area contributed by atoms with Crippen LogP contribution in [0.1, 0.15) is 17.5 Å². The van der Waals surface area contributed by atoms with Crippen molar-refractivity contribution in [1.29, 1.82) is 0 Å². The Kier molecular flexibility index (Phi) is 7.14. The highest BCUT2D eigenvalue weighted by molar-refractivity contribution is 5.79. The zero-order chi connectivity index (χ0) is 23.4. The summed E-state index contributed by atoms with van der Waals surface area (Å²) in [5.41, 5.74) is 3.63. The first-order chi connectivity index (χ1) is 15.9. The normalized spacial score (nSPS) is 18.8. The number of rotatable bonds is 8. The van der Waals surface area contributed by atoms with Gasteiger partial charge in [-0.15, -0.1) is 0 Å². The molecule has 2 heterocycles. The number of hydroxylamine groups is 1. The number of benzene rings is 2. The van der Waals surface area contributed by atoms with Gasteiger partial charge in [0.15, 0.2) is 11.6 Å². The summed E-state index contributed by atoms with van der Waals surface area (Å²) in [5, 5.41) is 2.76. The molecule has 0 spiro atoms. The molecule has 1 unspecified atom stereocenters. The van der Waals surface area contributed by atoms with Crippen molar-refractivity contribution in [1.82, 2.24) is 20.6 Å². The number of nitrogens with one attached hydrogen (secondary N) is 2. The lowest BCUT2D eigenvalue weighted by molar-refractivity contribution is -0.135. The Morgan fingerprint density at radius 1 is 1.12 bits per heavy atom. The molecule has 176 valence electrons. The number of hydrogen-bond donors (Lipinski definition) is 2. The minimum absolute atomic E-state index is 0.0404. The molecule has 0 aliphatic carbocycles. The fourth-order valence-corrected chi connectivity index (χ4v) is 4.13. The lowest BCUT2D eigenvalue weighted by Gasteiger charge is -2.37. The van der Waals surface area contributed by atoms with Crippen LogP contribution >= 0.6 is 0 Å². The van der Waals surface area contributed by atoms with Crippen LogP contribution < -0.4 is 10.8 Å². The zero-order valence-corrected chi connectivity index (χ0v) is 17.9. The van der Waals surface area contributed by atoms with E-state index in [9.17, 15) is 22.8 Å². The van der Waals surface area contributed by atoms with E-state index < -0.39 is 23.5 Å². The lowest BCUT2D eigenvalue weighted by Crippen LogP contribution is -2.54. The summed E-state index contributed by atoms with van der Waals surface area (Å²) >= 11 is 0. The summed E-state index contributed by atoms with van der Waals surface area (Å²) in [6.07, 6.45) is -0.117. The standard InChI is InChI=1S/C23H25F3N4O3/c24-19-11-21(26)20(25)9-16(19)8-17(28-33-14-15-4-2-1-3-5-15)10-22(31)29-6-7-30-18(13-29)12-27-23(30)32/h1-5,9,11,17-18,28H,6-8,10,12-14H2,(H,27,32)/t17-,18?/m1/s1. The molecule has 33 heavy (non-hydrogen) atoms. The van der Waals surface area contributed by atoms with Crippen LogP contribution in [-0.2, 0) is 22.7 Å². The quantitative estimate of drug-likeness (QED) is 0.467. The summed E-state index contributed by atoms with van der Waals surface area (Å²) in [5.74, 6) is -3.51. The number of carbonyl (C=O) groups excluding carboxylic acids is 2. The summed E-state index contributed by atoms with van der Waals surface area (Å²) < 4.78 is 41.3. The van der Waals surface area contributed by atoms with Gasteiger partial charge in [-0.1, -0.05) is 30.3 Å². The van der Waals surface area contributed by atoms with E-state index in [1.54, 1.807) is 9.80 Å². The molecule has 2 aromatic rings. The summed E-state index contributed by atoms with van der Waals surface area (Å²) in [6.45, 7) is 1.90. The van der Waals surface area contributed by atoms with Crippen LogP contribution in [0.3, 0.4) is 0 Å². The Balaban J connectivity index is 1.42. The Labute approximate surface area is 189 Å². The molecule has 0 radical (unpaired) electrons. The fourth-order valence-electron chi connectivity index (χ4n) is 4.13. The molecule has 3 amide bonds. The molecular weight excluding hydrogens is 437 g/mol. The Bertz CT molecular complexity index is 1010. The van der Waals surface area contributed by atoms with Gasteiger partial charge in [0.05, 0.1) is 12.6 Å². The van der Waals surface area contributed by atoms with Crippen molar-refractivity contribution in [2.45, 2.75) is 31.5 Å². The molecule has 10 heteroatoms. The molecule has 2 saturated heterocycles. The van der Waals surface area contributed by atoms with Gasteiger partial charge < -0.3 is 15.1 Å². The average Bonchev–Trinajstić information content (AvgIpc) is 3.18. The molecule has 2 N–H and O–H groups in total. The van der Waals surface area contributed by atoms with Crippen molar-refractivity contribution < 1.29 is 27.6 Å². The van der Waals surface area contributed by atoms with Crippen LogP contribution in [0.15, 0.2) is 42.5 Å². The van der Waals surface area contributed by atoms with Crippen LogP contribution in [0, 0.1) is 17.5 Å². The van der Waals surface area contributed by atoms with E-state index in [2.05, 4.69) is 10.8 Å². The molecule has 2 atom stereocenters. The minimum atomic E-state index is -1.27. The largest absolute Gasteiger partial charge is 0.339 e. The molecule has 7 nitrogen and oxygen atoms in total. The average molecular weight is 462 g/mol. The number of urea groups is 1. The van der Waals surface area contributed by atoms with E-state index in [4.69, 9.17) is 4.84 Å². The summed E-state index contributed by atoms with van der Waals surface area (Å²) in [4.78, 5) is 33.7. The fraction of sp³-hybridized carbons (Fsp3) is 0.391. The third-order valence-electron chi connectivity index (χ3n) is 5.89. The smallest absolute Gasteiger partial charge is 0.317 e. The Morgan fingerprint density at radius 3 is 2.67 bits per heavy atom. The molecule has 0 saturated carbocycles. The van der Waals surface area contributed by atoms with E-state index in [0.29, 0.717) is 32.2 Å². The minimum Gasteiger partial charge on any atom is -0.339 e. The molecule has 4 rings (SSSR count). The second-order valence-electron chi connectivity index (χ2n) is 8.23. The first-order valence-electron chi connectivity index (χ1n) is 10.8. The van der Waals surface area contributed by atoms with E-state index in [1.807, 2.05) is 30.3 Å². The summed E-state index contributed by atoms with van der Waals surface area (Å²) in [7, 11) is 0. The number of amides is 3. The number of halogens is 3. The van der Waals surface area contributed by atoms with Crippen molar-refractivity contribution in [2.24, 2.45) is 0 Å². The van der Waals surface area contributed by atoms with Gasteiger partial charge in [0.1, 0.15) is 5.82 Å². The topological polar surface area (TPSA) is 73.9 Å². The SMILES string of the molecule is O=C(C[C@@H](Cc1cc(F)c(F)cc1F)NOCc1ccccc1)N1CCN2C(=O)NCC2C1. The molecule has 2 aliphatic heterocycles. The van der Waals surface area contributed by atoms with E-state index in [1.165, 1.54) is 0 Å². The second kappa shape index (κ2) is 10.2. The van der Waals surface area contributed by atoms with Crippen molar-refractivity contribution >= 4 is 11.9 Å². The monoisotopic (exact) mass is 462 g/mol. The maximum absolute atomic E-state index is 14.2. The highest BCUT2D eigenvalue weighted by Gasteiger charge is 2.37. The Morgan fingerprint density at radius 2 is 1.88 bits per heavy atom. The van der Waals surface area contributed by atoms with Gasteiger partial charge in [0, 0.05) is 44.7 Å². The molecule has 0 aromatic heterocycles. The molecule has 2 aliphatic rings. The van der Waals surface area contributed by atoms with Crippen LogP contribution in [-0.4, -0.2) is 60.0 Å². The third kappa shape index (κ3) is 5.63. The van der Waals surface area contributed by atoms with Gasteiger partial charge >= 0.3 is 6.03 Å². The number of hydrogen-bond acceptors (Lipinski definition) is 4. The van der Waals surface area contributed by atoms with Crippen molar-refractivity contribution in [2.75, 3.05) is 26.2 Å². The number of nitrogens with zero attached hydrogens (tertiary/aromatic N) is 2. The predicted octanol–water partition coefficient (Wildman–Crippen LogP) is 2.36. The first-order valence-corrected chi connectivity index (χ1v) is 10.8. The second-order valence-corrected chi connectivity index (χ2v) is 8.23. The number of piperazine rings is 1. The maximum atomic E-state index is 14.2. The van der Waals surface area contributed by atoms with Crippen LogP contribution in [0.4, 0.5) is 18.0 Å². The van der Waals surface area contributed by atoms with Crippen molar-refractivity contribution in [3.63, 3.8) is 0 Å². The van der Waals surface area contributed by atoms with Gasteiger partial charge in [-0.2, -0.15) is 5.48 Å². The van der Waals surface area contributed by atoms with Crippen LogP contribution in [0.2, 0.25) is 0 Å². The summed E-state index contributed by atoms with van der Waals surface area (Å²) in [6, 6.07) is 9.74. The van der Waals surface area contributed by atoms with Crippen molar-refractivity contribution in [3.05, 3.63) is 71.0 Å². The predicted molar refractivity (Wildman–Crippen MR) is 113 cm³/mol. The van der Waals surface area contributed by atoms with Crippen LogP contribution in [0.5, 0.6) is 0 Å². The third-order valence-corrected chi connectivity index (χ3v) is 5.89. The van der Waals surface area contributed by atoms with Crippen LogP contribution in [0.25, 0.3) is 0 Å². The van der Waals surface area contributed by atoms with Gasteiger partial charge in [0.25, 0.3) is 0 Å². The Hall–Kier alpha value is -3.11. The highest BCUT2D eigenvalue weighted by Crippen LogP contribution is 2.19. The van der Waals surface area contributed by atoms with Gasteiger partial charge in [-0.25, -0.2) is 18.0 Å². The highest BCUT2D eigenvalue weighted by atomic mass is 19.2. The molecule has 0 bridgehead atoms. The number of carbonyl (C=O) groups is 2. The molecular formula is C23H25F3N4O3. The maximum Gasteiger partial charge on any atom is 0.317 e. The van der Waals surface area contributed by atoms with E-state index in [0.717, 1.165) is 11.6 Å². The van der Waals surface area contributed by atoms with E-state index >= 15 is 0 Å². The number of fused-ring (bicyclic) bond motifs is 1. The van der Waals surface area contributed by atoms with E-state index in [-0.39, 0.29) is 43.0 Å². The zero-order valence-electron chi connectivity index (χ0n) is 17.9.